The Morgan fingerprint density at radius 3 is 2.62 bits per heavy atom. The van der Waals surface area contributed by atoms with Crippen LogP contribution in [0.3, 0.4) is 0 Å². The van der Waals surface area contributed by atoms with E-state index in [9.17, 15) is 0 Å². The molecule has 7 heteroatoms. The molecule has 0 aliphatic rings. The molecule has 0 saturated carbocycles. The van der Waals surface area contributed by atoms with Gasteiger partial charge in [-0.2, -0.15) is 4.98 Å². The Morgan fingerprint density at radius 1 is 1.19 bits per heavy atom. The molecule has 21 heavy (non-hydrogen) atoms. The first-order chi connectivity index (χ1) is 10.2. The summed E-state index contributed by atoms with van der Waals surface area (Å²) >= 11 is 1.61. The lowest BCUT2D eigenvalue weighted by Crippen LogP contribution is -2.11. The molecule has 108 valence electrons. The van der Waals surface area contributed by atoms with Crippen LogP contribution in [-0.4, -0.2) is 17.1 Å². The number of nitrogens with one attached hydrogen (secondary N) is 2. The van der Waals surface area contributed by atoms with Crippen molar-refractivity contribution >= 4 is 39.0 Å². The van der Waals surface area contributed by atoms with Gasteiger partial charge in [-0.3, -0.25) is 5.43 Å². The first kappa shape index (κ1) is 13.6. The summed E-state index contributed by atoms with van der Waals surface area (Å²) in [4.78, 5) is 10.8. The number of nitrogen functional groups attached to an aromatic ring is 1. The molecule has 0 fully saturated rings. The van der Waals surface area contributed by atoms with Crippen LogP contribution in [0, 0.1) is 6.92 Å². The standard InChI is InChI=1S/C14H15N5OS/c1-8-7-11-12(17-14(19-15)18-13(11)21-8)16-9-3-5-10(20-2)6-4-9/h3-7H,15H2,1-2H3,(H2,16,17,18,19). The Bertz CT molecular complexity index is 769. The zero-order valence-electron chi connectivity index (χ0n) is 11.7. The number of nitrogens with two attached hydrogens (primary N) is 1. The normalized spacial score (nSPS) is 10.6. The quantitative estimate of drug-likeness (QED) is 0.507. The lowest BCUT2D eigenvalue weighted by Gasteiger charge is -2.09. The number of benzene rings is 1. The summed E-state index contributed by atoms with van der Waals surface area (Å²) in [6.45, 7) is 2.04. The van der Waals surface area contributed by atoms with E-state index in [0.29, 0.717) is 5.95 Å². The van der Waals surface area contributed by atoms with Crippen LogP contribution >= 0.6 is 11.3 Å². The minimum Gasteiger partial charge on any atom is -0.497 e. The minimum atomic E-state index is 0.389. The molecule has 0 spiro atoms. The van der Waals surface area contributed by atoms with E-state index in [0.717, 1.165) is 27.5 Å². The van der Waals surface area contributed by atoms with Crippen molar-refractivity contribution in [2.45, 2.75) is 6.92 Å². The predicted molar refractivity (Wildman–Crippen MR) is 86.2 cm³/mol. The van der Waals surface area contributed by atoms with E-state index in [1.165, 1.54) is 4.88 Å². The molecule has 1 aromatic carbocycles. The number of hydrazine groups is 1. The van der Waals surface area contributed by atoms with Crippen LogP contribution in [0.15, 0.2) is 30.3 Å². The van der Waals surface area contributed by atoms with Crippen LogP contribution in [-0.2, 0) is 0 Å². The fourth-order valence-corrected chi connectivity index (χ4v) is 2.89. The minimum absolute atomic E-state index is 0.389. The van der Waals surface area contributed by atoms with Crippen molar-refractivity contribution in [3.63, 3.8) is 0 Å². The number of aromatic nitrogens is 2. The molecular weight excluding hydrogens is 286 g/mol. The Hall–Kier alpha value is -2.38. The number of anilines is 3. The Morgan fingerprint density at radius 2 is 1.95 bits per heavy atom. The van der Waals surface area contributed by atoms with Crippen LogP contribution in [0.5, 0.6) is 5.75 Å². The lowest BCUT2D eigenvalue weighted by atomic mass is 10.3. The zero-order valence-corrected chi connectivity index (χ0v) is 12.5. The molecule has 0 bridgehead atoms. The summed E-state index contributed by atoms with van der Waals surface area (Å²) in [6.07, 6.45) is 0. The van der Waals surface area contributed by atoms with Gasteiger partial charge in [-0.15, -0.1) is 11.3 Å². The number of nitrogens with zero attached hydrogens (tertiary/aromatic N) is 2. The Balaban J connectivity index is 2.01. The first-order valence-corrected chi connectivity index (χ1v) is 7.17. The van der Waals surface area contributed by atoms with Crippen LogP contribution in [0.25, 0.3) is 10.2 Å². The van der Waals surface area contributed by atoms with Crippen LogP contribution < -0.4 is 21.3 Å². The third-order valence-corrected chi connectivity index (χ3v) is 3.94. The molecule has 0 radical (unpaired) electrons. The predicted octanol–water partition coefficient (Wildman–Crippen LogP) is 3.04. The average Bonchev–Trinajstić information content (AvgIpc) is 2.88. The SMILES string of the molecule is COc1ccc(Nc2nc(NN)nc3sc(C)cc23)cc1. The highest BCUT2D eigenvalue weighted by atomic mass is 32.1. The van der Waals surface area contributed by atoms with Crippen LogP contribution in [0.4, 0.5) is 17.5 Å². The van der Waals surface area contributed by atoms with E-state index >= 15 is 0 Å². The maximum Gasteiger partial charge on any atom is 0.240 e. The third-order valence-electron chi connectivity index (χ3n) is 3.00. The highest BCUT2D eigenvalue weighted by Crippen LogP contribution is 2.31. The maximum absolute atomic E-state index is 5.43. The van der Waals surface area contributed by atoms with E-state index in [2.05, 4.69) is 26.8 Å². The van der Waals surface area contributed by atoms with Crippen molar-refractivity contribution in [2.75, 3.05) is 17.9 Å². The summed E-state index contributed by atoms with van der Waals surface area (Å²) in [5, 5.41) is 4.27. The van der Waals surface area contributed by atoms with Gasteiger partial charge in [-0.25, -0.2) is 10.8 Å². The van der Waals surface area contributed by atoms with Crippen molar-refractivity contribution in [3.8, 4) is 5.75 Å². The second-order valence-electron chi connectivity index (χ2n) is 4.47. The number of aryl methyl sites for hydroxylation is 1. The molecule has 0 atom stereocenters. The topological polar surface area (TPSA) is 85.1 Å². The molecule has 0 aliphatic carbocycles. The van der Waals surface area contributed by atoms with Gasteiger partial charge in [0.05, 0.1) is 12.5 Å². The van der Waals surface area contributed by atoms with Crippen LogP contribution in [0.1, 0.15) is 4.88 Å². The highest BCUT2D eigenvalue weighted by Gasteiger charge is 2.10. The molecule has 0 aliphatic heterocycles. The smallest absolute Gasteiger partial charge is 0.240 e. The van der Waals surface area contributed by atoms with Gasteiger partial charge in [-0.05, 0) is 37.3 Å². The van der Waals surface area contributed by atoms with Gasteiger partial charge in [0.1, 0.15) is 16.4 Å². The average molecular weight is 301 g/mol. The van der Waals surface area contributed by atoms with Crippen molar-refractivity contribution < 1.29 is 4.74 Å². The second-order valence-corrected chi connectivity index (χ2v) is 5.70. The van der Waals surface area contributed by atoms with Gasteiger partial charge in [0.15, 0.2) is 0 Å². The molecule has 0 amide bonds. The maximum atomic E-state index is 5.43. The van der Waals surface area contributed by atoms with Gasteiger partial charge in [0.25, 0.3) is 0 Å². The molecule has 3 aromatic rings. The fourth-order valence-electron chi connectivity index (χ4n) is 2.01. The fraction of sp³-hybridized carbons (Fsp3) is 0.143. The molecule has 4 N–H and O–H groups in total. The number of thiophene rings is 1. The molecule has 0 saturated heterocycles. The van der Waals surface area contributed by atoms with Gasteiger partial charge in [0.2, 0.25) is 5.95 Å². The van der Waals surface area contributed by atoms with Crippen molar-refractivity contribution in [1.82, 2.24) is 9.97 Å². The summed E-state index contributed by atoms with van der Waals surface area (Å²) in [5.74, 6) is 7.36. The molecule has 6 nitrogen and oxygen atoms in total. The molecule has 3 rings (SSSR count). The van der Waals surface area contributed by atoms with E-state index in [1.807, 2.05) is 31.2 Å². The van der Waals surface area contributed by atoms with Crippen LogP contribution in [0.2, 0.25) is 0 Å². The number of fused-ring (bicyclic) bond motifs is 1. The molecule has 2 heterocycles. The monoisotopic (exact) mass is 301 g/mol. The highest BCUT2D eigenvalue weighted by molar-refractivity contribution is 7.18. The van der Waals surface area contributed by atoms with E-state index in [4.69, 9.17) is 10.6 Å². The van der Waals surface area contributed by atoms with Crippen molar-refractivity contribution in [1.29, 1.82) is 0 Å². The van der Waals surface area contributed by atoms with Gasteiger partial charge in [-0.1, -0.05) is 0 Å². The summed E-state index contributed by atoms with van der Waals surface area (Å²) in [6, 6.07) is 9.71. The zero-order chi connectivity index (χ0) is 14.8. The number of methoxy groups -OCH3 is 1. The number of rotatable bonds is 4. The number of hydrogen-bond acceptors (Lipinski definition) is 7. The summed E-state index contributed by atoms with van der Waals surface area (Å²) in [5.41, 5.74) is 3.42. The summed E-state index contributed by atoms with van der Waals surface area (Å²) in [7, 11) is 1.64. The van der Waals surface area contributed by atoms with Gasteiger partial charge in [0, 0.05) is 10.6 Å². The van der Waals surface area contributed by atoms with Crippen molar-refractivity contribution in [2.24, 2.45) is 5.84 Å². The Kier molecular flexibility index (Phi) is 3.59. The van der Waals surface area contributed by atoms with E-state index in [-0.39, 0.29) is 0 Å². The summed E-state index contributed by atoms with van der Waals surface area (Å²) < 4.78 is 5.15. The van der Waals surface area contributed by atoms with E-state index < -0.39 is 0 Å². The molecule has 0 unspecified atom stereocenters. The number of hydrogen-bond donors (Lipinski definition) is 3. The van der Waals surface area contributed by atoms with E-state index in [1.54, 1.807) is 18.4 Å². The number of ether oxygens (including phenoxy) is 1. The Labute approximate surface area is 126 Å². The largest absolute Gasteiger partial charge is 0.497 e. The first-order valence-electron chi connectivity index (χ1n) is 6.35. The molecule has 2 aromatic heterocycles. The third kappa shape index (κ3) is 2.74. The lowest BCUT2D eigenvalue weighted by molar-refractivity contribution is 0.415. The second kappa shape index (κ2) is 5.55. The molecular formula is C14H15N5OS. The van der Waals surface area contributed by atoms with Crippen molar-refractivity contribution in [3.05, 3.63) is 35.2 Å². The van der Waals surface area contributed by atoms with Gasteiger partial charge < -0.3 is 10.1 Å². The van der Waals surface area contributed by atoms with Gasteiger partial charge >= 0.3 is 0 Å².